The molecule has 5 nitrogen and oxygen atoms in total. The van der Waals surface area contributed by atoms with Crippen LogP contribution < -0.4 is 5.32 Å². The smallest absolute Gasteiger partial charge is 0.224 e. The van der Waals surface area contributed by atoms with Crippen molar-refractivity contribution in [2.75, 3.05) is 5.32 Å². The van der Waals surface area contributed by atoms with E-state index in [2.05, 4.69) is 27.1 Å². The zero-order valence-corrected chi connectivity index (χ0v) is 15.2. The summed E-state index contributed by atoms with van der Waals surface area (Å²) in [6.07, 6.45) is 5.82. The number of hydrogen-bond donors (Lipinski definition) is 1. The minimum atomic E-state index is 0.0343. The van der Waals surface area contributed by atoms with Gasteiger partial charge in [-0.05, 0) is 24.1 Å². The molecule has 2 heterocycles. The number of unbranched alkanes of at least 4 members (excludes halogenated alkanes) is 1. The lowest BCUT2D eigenvalue weighted by Gasteiger charge is -2.03. The summed E-state index contributed by atoms with van der Waals surface area (Å²) in [6, 6.07) is 9.23. The molecule has 0 radical (unpaired) electrons. The molecule has 26 heavy (non-hydrogen) atoms. The van der Waals surface area contributed by atoms with Crippen molar-refractivity contribution in [1.82, 2.24) is 9.97 Å². The van der Waals surface area contributed by atoms with Crippen molar-refractivity contribution in [2.24, 2.45) is 0 Å². The lowest BCUT2D eigenvalue weighted by Crippen LogP contribution is -2.09. The van der Waals surface area contributed by atoms with Crippen LogP contribution in [0.1, 0.15) is 26.2 Å². The van der Waals surface area contributed by atoms with Crippen molar-refractivity contribution in [1.29, 1.82) is 0 Å². The Labute approximate surface area is 156 Å². The topological polar surface area (TPSA) is 59.2 Å². The summed E-state index contributed by atoms with van der Waals surface area (Å²) >= 11 is 1.51. The van der Waals surface area contributed by atoms with Gasteiger partial charge in [-0.3, -0.25) is 9.78 Å². The summed E-state index contributed by atoms with van der Waals surface area (Å²) in [5, 5.41) is 4.83. The van der Waals surface area contributed by atoms with Gasteiger partial charge in [0, 0.05) is 11.8 Å². The molecule has 1 amide bonds. The van der Waals surface area contributed by atoms with Crippen molar-refractivity contribution in [3.63, 3.8) is 0 Å². The van der Waals surface area contributed by atoms with E-state index in [4.69, 9.17) is 6.57 Å². The highest BCUT2D eigenvalue weighted by Crippen LogP contribution is 2.30. The highest BCUT2D eigenvalue weighted by Gasteiger charge is 2.09. The Hall–Kier alpha value is -3.04. The third kappa shape index (κ3) is 4.32. The Morgan fingerprint density at radius 2 is 2.12 bits per heavy atom. The van der Waals surface area contributed by atoms with Crippen LogP contribution >= 0.6 is 11.3 Å². The van der Waals surface area contributed by atoms with Crippen LogP contribution in [0.4, 0.5) is 11.4 Å². The van der Waals surface area contributed by atoms with Crippen LogP contribution in [0.15, 0.2) is 48.1 Å². The van der Waals surface area contributed by atoms with Gasteiger partial charge in [-0.25, -0.2) is 9.83 Å². The number of hydrogen-bond acceptors (Lipinski definition) is 4. The van der Waals surface area contributed by atoms with Crippen LogP contribution in [0.5, 0.6) is 0 Å². The van der Waals surface area contributed by atoms with Crippen LogP contribution in [-0.2, 0) is 4.79 Å². The second kappa shape index (κ2) is 8.37. The summed E-state index contributed by atoms with van der Waals surface area (Å²) in [5.41, 5.74) is 3.68. The van der Waals surface area contributed by atoms with E-state index in [9.17, 15) is 4.79 Å². The number of carbonyl (C=O) groups excluding carboxylic acids is 1. The van der Waals surface area contributed by atoms with Crippen molar-refractivity contribution in [2.45, 2.75) is 26.2 Å². The average molecular weight is 362 g/mol. The summed E-state index contributed by atoms with van der Waals surface area (Å²) in [6.45, 7) is 9.20. The Morgan fingerprint density at radius 1 is 1.27 bits per heavy atom. The highest BCUT2D eigenvalue weighted by atomic mass is 32.1. The highest BCUT2D eigenvalue weighted by molar-refractivity contribution is 7.14. The average Bonchev–Trinajstić information content (AvgIpc) is 3.15. The van der Waals surface area contributed by atoms with Gasteiger partial charge in [-0.2, -0.15) is 0 Å². The summed E-state index contributed by atoms with van der Waals surface area (Å²) < 4.78 is 0. The van der Waals surface area contributed by atoms with Gasteiger partial charge in [0.1, 0.15) is 0 Å². The molecular weight excluding hydrogens is 344 g/mol. The second-order valence-corrected chi connectivity index (χ2v) is 6.71. The molecule has 2 aromatic heterocycles. The van der Waals surface area contributed by atoms with Gasteiger partial charge < -0.3 is 5.32 Å². The van der Waals surface area contributed by atoms with E-state index in [-0.39, 0.29) is 5.91 Å². The summed E-state index contributed by atoms with van der Waals surface area (Å²) in [4.78, 5) is 25.2. The molecule has 0 unspecified atom stereocenters. The molecule has 1 aromatic carbocycles. The molecule has 0 bridgehead atoms. The number of nitrogens with zero attached hydrogens (tertiary/aromatic N) is 3. The predicted octanol–water partition coefficient (Wildman–Crippen LogP) is 5.55. The molecular formula is C20H18N4OS. The number of amides is 1. The number of carbonyl (C=O) groups is 1. The van der Waals surface area contributed by atoms with Crippen LogP contribution in [0, 0.1) is 6.57 Å². The minimum Gasteiger partial charge on any atom is -0.325 e. The Morgan fingerprint density at radius 3 is 2.92 bits per heavy atom. The van der Waals surface area contributed by atoms with Gasteiger partial charge in [-0.1, -0.05) is 31.5 Å². The third-order valence-electron chi connectivity index (χ3n) is 3.80. The SMILES string of the molecule is [C-]#[N+]c1cccc(-c2cncc(-c3cc(NC(=O)CCCC)cs3)n2)c1. The first kappa shape index (κ1) is 17.8. The summed E-state index contributed by atoms with van der Waals surface area (Å²) in [7, 11) is 0. The Balaban J connectivity index is 1.80. The molecule has 0 saturated carbocycles. The molecule has 0 aliphatic heterocycles. The van der Waals surface area contributed by atoms with E-state index in [1.54, 1.807) is 24.5 Å². The zero-order valence-electron chi connectivity index (χ0n) is 14.4. The third-order valence-corrected chi connectivity index (χ3v) is 4.75. The lowest BCUT2D eigenvalue weighted by molar-refractivity contribution is -0.116. The molecule has 0 spiro atoms. The Bertz CT molecular complexity index is 958. The van der Waals surface area contributed by atoms with Crippen LogP contribution in [0.25, 0.3) is 26.7 Å². The molecule has 0 saturated heterocycles. The standard InChI is InChI=1S/C20H18N4OS/c1-3-4-8-20(25)23-16-10-19(26-13-16)18-12-22-11-17(24-18)14-6-5-7-15(9-14)21-2/h5-7,9-13H,3-4,8H2,1H3,(H,23,25). The fraction of sp³-hybridized carbons (Fsp3) is 0.200. The Kier molecular flexibility index (Phi) is 5.72. The van der Waals surface area contributed by atoms with Gasteiger partial charge in [-0.15, -0.1) is 11.3 Å². The normalized spacial score (nSPS) is 10.3. The van der Waals surface area contributed by atoms with Crippen LogP contribution in [-0.4, -0.2) is 15.9 Å². The number of rotatable bonds is 6. The minimum absolute atomic E-state index is 0.0343. The van der Waals surface area contributed by atoms with Gasteiger partial charge in [0.25, 0.3) is 0 Å². The van der Waals surface area contributed by atoms with E-state index in [0.29, 0.717) is 12.1 Å². The number of thiophene rings is 1. The molecule has 3 aromatic rings. The molecule has 6 heteroatoms. The predicted molar refractivity (Wildman–Crippen MR) is 105 cm³/mol. The maximum absolute atomic E-state index is 11.9. The fourth-order valence-electron chi connectivity index (χ4n) is 2.46. The first-order valence-electron chi connectivity index (χ1n) is 8.38. The van der Waals surface area contributed by atoms with E-state index in [1.165, 1.54) is 11.3 Å². The molecule has 3 rings (SSSR count). The fourth-order valence-corrected chi connectivity index (χ4v) is 3.25. The molecule has 0 aliphatic rings. The quantitative estimate of drug-likeness (QED) is 0.585. The summed E-state index contributed by atoms with van der Waals surface area (Å²) in [5.74, 6) is 0.0343. The van der Waals surface area contributed by atoms with E-state index in [0.717, 1.165) is 40.4 Å². The number of anilines is 1. The van der Waals surface area contributed by atoms with Gasteiger partial charge >= 0.3 is 0 Å². The molecule has 130 valence electrons. The maximum Gasteiger partial charge on any atom is 0.224 e. The second-order valence-electron chi connectivity index (χ2n) is 5.80. The zero-order chi connectivity index (χ0) is 18.4. The van der Waals surface area contributed by atoms with Gasteiger partial charge in [0.05, 0.1) is 40.9 Å². The van der Waals surface area contributed by atoms with Crippen molar-refractivity contribution < 1.29 is 4.79 Å². The molecule has 0 atom stereocenters. The lowest BCUT2D eigenvalue weighted by atomic mass is 10.1. The number of nitrogens with one attached hydrogen (secondary N) is 1. The van der Waals surface area contributed by atoms with Crippen molar-refractivity contribution in [3.05, 3.63) is 59.5 Å². The molecule has 0 fully saturated rings. The number of aromatic nitrogens is 2. The van der Waals surface area contributed by atoms with Crippen molar-refractivity contribution >= 4 is 28.6 Å². The van der Waals surface area contributed by atoms with E-state index in [1.807, 2.05) is 23.6 Å². The maximum atomic E-state index is 11.9. The van der Waals surface area contributed by atoms with Gasteiger partial charge in [0.15, 0.2) is 5.69 Å². The first-order valence-corrected chi connectivity index (χ1v) is 9.26. The molecule has 0 aliphatic carbocycles. The van der Waals surface area contributed by atoms with Crippen molar-refractivity contribution in [3.8, 4) is 21.8 Å². The monoisotopic (exact) mass is 362 g/mol. The number of benzene rings is 1. The van der Waals surface area contributed by atoms with Crippen LogP contribution in [0.3, 0.4) is 0 Å². The largest absolute Gasteiger partial charge is 0.325 e. The first-order chi connectivity index (χ1) is 12.7. The van der Waals surface area contributed by atoms with E-state index >= 15 is 0 Å². The van der Waals surface area contributed by atoms with Crippen LogP contribution in [0.2, 0.25) is 0 Å². The van der Waals surface area contributed by atoms with Gasteiger partial charge in [0.2, 0.25) is 5.91 Å². The van der Waals surface area contributed by atoms with E-state index < -0.39 is 0 Å². The molecule has 1 N–H and O–H groups in total.